The standard InChI is InChI=1S/C24H31FO5/c1-23(2,15-18-14-19(25)9-12-21(18)30-4)16-24(28,22(26)27)13-5-6-17-7-10-20(29-3)11-8-17/h7-12,14,28H,5-6,13,15-16H2,1-4H3,(H,26,27). The van der Waals surface area contributed by atoms with Crippen LogP contribution in [0.4, 0.5) is 4.39 Å². The second-order valence-electron chi connectivity index (χ2n) is 8.51. The van der Waals surface area contributed by atoms with Crippen LogP contribution in [0, 0.1) is 11.2 Å². The lowest BCUT2D eigenvalue weighted by atomic mass is 9.74. The predicted molar refractivity (Wildman–Crippen MR) is 114 cm³/mol. The Bertz CT molecular complexity index is 847. The van der Waals surface area contributed by atoms with Crippen molar-refractivity contribution >= 4 is 5.97 Å². The second-order valence-corrected chi connectivity index (χ2v) is 8.51. The van der Waals surface area contributed by atoms with Crippen molar-refractivity contribution in [2.45, 2.75) is 51.6 Å². The van der Waals surface area contributed by atoms with E-state index in [2.05, 4.69) is 0 Å². The molecule has 5 nitrogen and oxygen atoms in total. The molecule has 0 aliphatic heterocycles. The van der Waals surface area contributed by atoms with Gasteiger partial charge < -0.3 is 19.7 Å². The van der Waals surface area contributed by atoms with Gasteiger partial charge in [0, 0.05) is 0 Å². The zero-order valence-corrected chi connectivity index (χ0v) is 18.1. The number of methoxy groups -OCH3 is 2. The highest BCUT2D eigenvalue weighted by molar-refractivity contribution is 5.77. The van der Waals surface area contributed by atoms with Crippen LogP contribution in [0.15, 0.2) is 42.5 Å². The van der Waals surface area contributed by atoms with Gasteiger partial charge in [-0.25, -0.2) is 9.18 Å². The number of aliphatic carboxylic acids is 1. The molecular weight excluding hydrogens is 387 g/mol. The molecule has 6 heteroatoms. The fraction of sp³-hybridized carbons (Fsp3) is 0.458. The van der Waals surface area contributed by atoms with Crippen LogP contribution in [-0.2, 0) is 17.6 Å². The van der Waals surface area contributed by atoms with E-state index in [4.69, 9.17) is 9.47 Å². The topological polar surface area (TPSA) is 76.0 Å². The van der Waals surface area contributed by atoms with E-state index in [-0.39, 0.29) is 18.7 Å². The van der Waals surface area contributed by atoms with Crippen molar-refractivity contribution in [1.29, 1.82) is 0 Å². The molecular formula is C24H31FO5. The van der Waals surface area contributed by atoms with Gasteiger partial charge in [-0.15, -0.1) is 0 Å². The molecule has 0 heterocycles. The minimum atomic E-state index is -1.86. The second kappa shape index (κ2) is 9.94. The SMILES string of the molecule is COc1ccc(CCCC(O)(CC(C)(C)Cc2cc(F)ccc2OC)C(=O)O)cc1. The summed E-state index contributed by atoms with van der Waals surface area (Å²) in [4.78, 5) is 11.9. The van der Waals surface area contributed by atoms with Gasteiger partial charge in [0.05, 0.1) is 14.2 Å². The van der Waals surface area contributed by atoms with Crippen LogP contribution in [0.3, 0.4) is 0 Å². The lowest BCUT2D eigenvalue weighted by molar-refractivity contribution is -0.163. The van der Waals surface area contributed by atoms with E-state index in [1.165, 1.54) is 19.2 Å². The van der Waals surface area contributed by atoms with Crippen molar-refractivity contribution in [2.75, 3.05) is 14.2 Å². The van der Waals surface area contributed by atoms with Gasteiger partial charge >= 0.3 is 5.97 Å². The van der Waals surface area contributed by atoms with Gasteiger partial charge in [0.1, 0.15) is 17.3 Å². The smallest absolute Gasteiger partial charge is 0.335 e. The summed E-state index contributed by atoms with van der Waals surface area (Å²) in [6.45, 7) is 3.74. The van der Waals surface area contributed by atoms with Crippen LogP contribution in [0.2, 0.25) is 0 Å². The highest BCUT2D eigenvalue weighted by atomic mass is 19.1. The average Bonchev–Trinajstić information content (AvgIpc) is 2.68. The fourth-order valence-corrected chi connectivity index (χ4v) is 3.90. The molecule has 0 saturated carbocycles. The van der Waals surface area contributed by atoms with Gasteiger partial charge in [0.25, 0.3) is 0 Å². The Morgan fingerprint density at radius 2 is 1.73 bits per heavy atom. The molecule has 2 aromatic rings. The number of carboxylic acids is 1. The summed E-state index contributed by atoms with van der Waals surface area (Å²) >= 11 is 0. The summed E-state index contributed by atoms with van der Waals surface area (Å²) in [6.07, 6.45) is 1.71. The average molecular weight is 419 g/mol. The molecule has 0 spiro atoms. The highest BCUT2D eigenvalue weighted by Gasteiger charge is 2.41. The lowest BCUT2D eigenvalue weighted by Crippen LogP contribution is -2.43. The third-order valence-corrected chi connectivity index (χ3v) is 5.30. The molecule has 2 N–H and O–H groups in total. The zero-order valence-electron chi connectivity index (χ0n) is 18.1. The monoisotopic (exact) mass is 418 g/mol. The normalized spacial score (nSPS) is 13.5. The maximum absolute atomic E-state index is 13.7. The van der Waals surface area contributed by atoms with Gasteiger partial charge in [-0.1, -0.05) is 26.0 Å². The Kier molecular flexibility index (Phi) is 7.84. The van der Waals surface area contributed by atoms with Crippen LogP contribution < -0.4 is 9.47 Å². The Labute approximate surface area is 177 Å². The first-order chi connectivity index (χ1) is 14.1. The van der Waals surface area contributed by atoms with Gasteiger partial charge in [0.2, 0.25) is 0 Å². The fourth-order valence-electron chi connectivity index (χ4n) is 3.90. The summed E-state index contributed by atoms with van der Waals surface area (Å²) in [5.74, 6) is -0.315. The van der Waals surface area contributed by atoms with Crippen molar-refractivity contribution in [3.63, 3.8) is 0 Å². The minimum absolute atomic E-state index is 0.0393. The molecule has 164 valence electrons. The maximum Gasteiger partial charge on any atom is 0.335 e. The number of aliphatic hydroxyl groups is 1. The number of rotatable bonds is 11. The van der Waals surface area contributed by atoms with E-state index in [0.29, 0.717) is 30.6 Å². The molecule has 0 bridgehead atoms. The molecule has 1 unspecified atom stereocenters. The molecule has 0 aromatic heterocycles. The number of ether oxygens (including phenoxy) is 2. The molecule has 30 heavy (non-hydrogen) atoms. The van der Waals surface area contributed by atoms with Crippen molar-refractivity contribution < 1.29 is 28.9 Å². The van der Waals surface area contributed by atoms with Gasteiger partial charge in [-0.05, 0) is 79.0 Å². The largest absolute Gasteiger partial charge is 0.497 e. The minimum Gasteiger partial charge on any atom is -0.497 e. The Balaban J connectivity index is 2.06. The van der Waals surface area contributed by atoms with Crippen LogP contribution >= 0.6 is 0 Å². The van der Waals surface area contributed by atoms with Crippen molar-refractivity contribution in [2.24, 2.45) is 5.41 Å². The number of carboxylic acid groups (broad SMARTS) is 1. The van der Waals surface area contributed by atoms with Crippen molar-refractivity contribution in [3.05, 3.63) is 59.4 Å². The summed E-state index contributed by atoms with van der Waals surface area (Å²) in [5, 5.41) is 20.6. The number of aryl methyl sites for hydroxylation is 1. The van der Waals surface area contributed by atoms with Gasteiger partial charge in [-0.3, -0.25) is 0 Å². The van der Waals surface area contributed by atoms with Gasteiger partial charge in [0.15, 0.2) is 5.60 Å². The van der Waals surface area contributed by atoms with E-state index in [1.54, 1.807) is 13.2 Å². The molecule has 2 rings (SSSR count). The molecule has 1 atom stereocenters. The number of hydrogen-bond acceptors (Lipinski definition) is 4. The number of halogens is 1. The van der Waals surface area contributed by atoms with Crippen molar-refractivity contribution in [3.8, 4) is 11.5 Å². The lowest BCUT2D eigenvalue weighted by Gasteiger charge is -2.34. The molecule has 2 aromatic carbocycles. The summed E-state index contributed by atoms with van der Waals surface area (Å²) in [5.41, 5.74) is -0.758. The van der Waals surface area contributed by atoms with E-state index in [0.717, 1.165) is 11.3 Å². The zero-order chi connectivity index (χ0) is 22.4. The number of carbonyl (C=O) groups is 1. The number of benzene rings is 2. The first kappa shape index (κ1) is 23.7. The highest BCUT2D eigenvalue weighted by Crippen LogP contribution is 2.37. The molecule has 0 aliphatic rings. The summed E-state index contributed by atoms with van der Waals surface area (Å²) in [6, 6.07) is 11.8. The van der Waals surface area contributed by atoms with Crippen LogP contribution in [0.1, 0.15) is 44.2 Å². The van der Waals surface area contributed by atoms with Gasteiger partial charge in [-0.2, -0.15) is 0 Å². The Hall–Kier alpha value is -2.60. The Morgan fingerprint density at radius 1 is 1.07 bits per heavy atom. The molecule has 0 radical (unpaired) electrons. The third-order valence-electron chi connectivity index (χ3n) is 5.30. The third kappa shape index (κ3) is 6.46. The summed E-state index contributed by atoms with van der Waals surface area (Å²) in [7, 11) is 3.11. The van der Waals surface area contributed by atoms with Crippen molar-refractivity contribution in [1.82, 2.24) is 0 Å². The van der Waals surface area contributed by atoms with E-state index < -0.39 is 17.0 Å². The predicted octanol–water partition coefficient (Wildman–Crippen LogP) is 4.64. The van der Waals surface area contributed by atoms with E-state index >= 15 is 0 Å². The molecule has 0 saturated heterocycles. The molecule has 0 fully saturated rings. The summed E-state index contributed by atoms with van der Waals surface area (Å²) < 4.78 is 24.1. The van der Waals surface area contributed by atoms with Crippen LogP contribution in [0.25, 0.3) is 0 Å². The Morgan fingerprint density at radius 3 is 2.30 bits per heavy atom. The maximum atomic E-state index is 13.7. The van der Waals surface area contributed by atoms with Crippen LogP contribution in [-0.4, -0.2) is 36.0 Å². The first-order valence-corrected chi connectivity index (χ1v) is 10.00. The number of hydrogen-bond donors (Lipinski definition) is 2. The molecule has 0 aliphatic carbocycles. The quantitative estimate of drug-likeness (QED) is 0.556. The molecule has 0 amide bonds. The first-order valence-electron chi connectivity index (χ1n) is 10.00. The van der Waals surface area contributed by atoms with E-state index in [9.17, 15) is 19.4 Å². The van der Waals surface area contributed by atoms with Crippen LogP contribution in [0.5, 0.6) is 11.5 Å². The van der Waals surface area contributed by atoms with E-state index in [1.807, 2.05) is 38.1 Å².